The maximum absolute atomic E-state index is 13.1. The van der Waals surface area contributed by atoms with E-state index in [0.717, 1.165) is 6.07 Å². The Morgan fingerprint density at radius 1 is 1.40 bits per heavy atom. The normalized spacial score (nSPS) is 11.8. The van der Waals surface area contributed by atoms with Gasteiger partial charge in [0.2, 0.25) is 10.0 Å². The Labute approximate surface area is 119 Å². The number of nitrogens with zero attached hydrogens (tertiary/aromatic N) is 2. The molecule has 0 unspecified atom stereocenters. The Balaban J connectivity index is 3.18. The summed E-state index contributed by atoms with van der Waals surface area (Å²) in [5.41, 5.74) is 0.371. The van der Waals surface area contributed by atoms with E-state index in [0.29, 0.717) is 12.1 Å². The summed E-state index contributed by atoms with van der Waals surface area (Å²) in [6.45, 7) is 5.86. The van der Waals surface area contributed by atoms with Gasteiger partial charge < -0.3 is 0 Å². The average Bonchev–Trinajstić information content (AvgIpc) is 2.33. The second-order valence-corrected chi connectivity index (χ2v) is 6.98. The highest BCUT2D eigenvalue weighted by Gasteiger charge is 2.26. The van der Waals surface area contributed by atoms with Gasteiger partial charge in [-0.15, -0.1) is 0 Å². The molecule has 20 heavy (non-hydrogen) atoms. The van der Waals surface area contributed by atoms with Gasteiger partial charge in [-0.1, -0.05) is 13.8 Å². The smallest absolute Gasteiger partial charge is 0.207 e. The lowest BCUT2D eigenvalue weighted by Gasteiger charge is -2.23. The number of hydrogen-bond acceptors (Lipinski definition) is 3. The predicted molar refractivity (Wildman–Crippen MR) is 75.0 cm³/mol. The van der Waals surface area contributed by atoms with Gasteiger partial charge >= 0.3 is 0 Å². The highest BCUT2D eigenvalue weighted by molar-refractivity contribution is 7.89. The number of halogens is 1. The zero-order chi connectivity index (χ0) is 15.3. The van der Waals surface area contributed by atoms with Crippen molar-refractivity contribution >= 4 is 10.0 Å². The third kappa shape index (κ3) is 4.02. The Hall–Kier alpha value is -1.45. The molecule has 0 saturated carbocycles. The zero-order valence-corrected chi connectivity index (χ0v) is 12.7. The maximum atomic E-state index is 13.1. The van der Waals surface area contributed by atoms with E-state index in [9.17, 15) is 12.8 Å². The summed E-state index contributed by atoms with van der Waals surface area (Å²) < 4.78 is 39.6. The number of nitriles is 1. The van der Waals surface area contributed by atoms with E-state index >= 15 is 0 Å². The van der Waals surface area contributed by atoms with Crippen molar-refractivity contribution in [3.05, 3.63) is 29.6 Å². The summed E-state index contributed by atoms with van der Waals surface area (Å²) in [5, 5.41) is 8.66. The monoisotopic (exact) mass is 298 g/mol. The van der Waals surface area contributed by atoms with Crippen molar-refractivity contribution in [2.45, 2.75) is 32.1 Å². The molecular formula is C14H19FN2O2S. The molecule has 0 fully saturated rings. The van der Waals surface area contributed by atoms with Gasteiger partial charge in [-0.3, -0.25) is 0 Å². The predicted octanol–water partition coefficient (Wildman–Crippen LogP) is 2.69. The van der Waals surface area contributed by atoms with Crippen molar-refractivity contribution in [2.75, 3.05) is 13.1 Å². The molecule has 1 rings (SSSR count). The number of hydrogen-bond donors (Lipinski definition) is 0. The summed E-state index contributed by atoms with van der Waals surface area (Å²) >= 11 is 0. The molecule has 0 spiro atoms. The molecule has 0 aliphatic rings. The summed E-state index contributed by atoms with van der Waals surface area (Å²) in [6, 6.07) is 5.57. The lowest BCUT2D eigenvalue weighted by Crippen LogP contribution is -2.35. The van der Waals surface area contributed by atoms with Gasteiger partial charge in [-0.05, 0) is 36.6 Å². The third-order valence-electron chi connectivity index (χ3n) is 2.80. The number of benzene rings is 1. The van der Waals surface area contributed by atoms with Crippen LogP contribution in [0.4, 0.5) is 4.39 Å². The molecule has 4 nitrogen and oxygen atoms in total. The van der Waals surface area contributed by atoms with Crippen LogP contribution in [0, 0.1) is 30.0 Å². The quantitative estimate of drug-likeness (QED) is 0.811. The first kappa shape index (κ1) is 16.6. The second kappa shape index (κ2) is 6.82. The van der Waals surface area contributed by atoms with Crippen LogP contribution < -0.4 is 0 Å². The van der Waals surface area contributed by atoms with Crippen LogP contribution in [-0.4, -0.2) is 25.8 Å². The van der Waals surface area contributed by atoms with Crippen molar-refractivity contribution in [1.82, 2.24) is 4.31 Å². The average molecular weight is 298 g/mol. The van der Waals surface area contributed by atoms with Crippen LogP contribution in [0.3, 0.4) is 0 Å². The minimum absolute atomic E-state index is 0.0949. The molecule has 0 aliphatic heterocycles. The van der Waals surface area contributed by atoms with E-state index in [2.05, 4.69) is 0 Å². The molecule has 0 heterocycles. The molecule has 0 aliphatic carbocycles. The molecule has 0 atom stereocenters. The molecule has 1 aromatic rings. The van der Waals surface area contributed by atoms with Crippen LogP contribution in [0.2, 0.25) is 0 Å². The highest BCUT2D eigenvalue weighted by atomic mass is 32.2. The van der Waals surface area contributed by atoms with Crippen LogP contribution in [0.5, 0.6) is 0 Å². The van der Waals surface area contributed by atoms with Gasteiger partial charge in [-0.2, -0.15) is 9.57 Å². The van der Waals surface area contributed by atoms with Crippen molar-refractivity contribution in [3.8, 4) is 6.07 Å². The van der Waals surface area contributed by atoms with Crippen molar-refractivity contribution in [3.63, 3.8) is 0 Å². The van der Waals surface area contributed by atoms with Crippen molar-refractivity contribution in [1.29, 1.82) is 5.26 Å². The number of aryl methyl sites for hydroxylation is 1. The first-order valence-corrected chi connectivity index (χ1v) is 7.86. The van der Waals surface area contributed by atoms with Crippen LogP contribution in [0.1, 0.15) is 25.8 Å². The van der Waals surface area contributed by atoms with Gasteiger partial charge in [0, 0.05) is 19.5 Å². The fourth-order valence-electron chi connectivity index (χ4n) is 1.93. The molecule has 0 aromatic heterocycles. The van der Waals surface area contributed by atoms with E-state index in [4.69, 9.17) is 5.26 Å². The topological polar surface area (TPSA) is 61.2 Å². The molecule has 0 bridgehead atoms. The molecular weight excluding hydrogens is 279 g/mol. The maximum Gasteiger partial charge on any atom is 0.243 e. The van der Waals surface area contributed by atoms with E-state index < -0.39 is 15.8 Å². The fourth-order valence-corrected chi connectivity index (χ4v) is 3.74. The molecule has 0 N–H and O–H groups in total. The summed E-state index contributed by atoms with van der Waals surface area (Å²) in [5.74, 6) is -0.321. The second-order valence-electron chi connectivity index (χ2n) is 5.07. The molecule has 110 valence electrons. The molecule has 1 aromatic carbocycles. The van der Waals surface area contributed by atoms with Gasteiger partial charge in [0.1, 0.15) is 5.82 Å². The third-order valence-corrected chi connectivity index (χ3v) is 4.82. The Bertz CT molecular complexity index is 606. The van der Waals surface area contributed by atoms with Crippen LogP contribution in [-0.2, 0) is 10.0 Å². The SMILES string of the molecule is Cc1cc(F)ccc1S(=O)(=O)N(CCC#N)CC(C)C. The number of sulfonamides is 1. The standard InChI is InChI=1S/C14H19FN2O2S/c1-11(2)10-17(8-4-7-16)20(18,19)14-6-5-13(15)9-12(14)3/h5-6,9,11H,4,8,10H2,1-3H3. The van der Waals surface area contributed by atoms with Gasteiger partial charge in [0.15, 0.2) is 0 Å². The molecule has 0 saturated heterocycles. The fraction of sp³-hybridized carbons (Fsp3) is 0.500. The van der Waals surface area contributed by atoms with Gasteiger partial charge in [0.25, 0.3) is 0 Å². The number of rotatable bonds is 6. The Morgan fingerprint density at radius 2 is 2.05 bits per heavy atom. The first-order chi connectivity index (χ1) is 9.28. The van der Waals surface area contributed by atoms with Gasteiger partial charge in [0.05, 0.1) is 11.0 Å². The van der Waals surface area contributed by atoms with E-state index in [-0.39, 0.29) is 23.8 Å². The summed E-state index contributed by atoms with van der Waals surface area (Å²) in [6.07, 6.45) is 0.131. The van der Waals surface area contributed by atoms with E-state index in [1.54, 1.807) is 6.92 Å². The van der Waals surface area contributed by atoms with Crippen molar-refractivity contribution < 1.29 is 12.8 Å². The molecule has 0 radical (unpaired) electrons. The Kier molecular flexibility index (Phi) is 5.66. The van der Waals surface area contributed by atoms with Gasteiger partial charge in [-0.25, -0.2) is 12.8 Å². The zero-order valence-electron chi connectivity index (χ0n) is 11.9. The molecule has 6 heteroatoms. The van der Waals surface area contributed by atoms with Crippen molar-refractivity contribution in [2.24, 2.45) is 5.92 Å². The largest absolute Gasteiger partial charge is 0.243 e. The van der Waals surface area contributed by atoms with Crippen LogP contribution in [0.25, 0.3) is 0 Å². The highest BCUT2D eigenvalue weighted by Crippen LogP contribution is 2.21. The Morgan fingerprint density at radius 3 is 2.55 bits per heavy atom. The lowest BCUT2D eigenvalue weighted by atomic mass is 10.2. The van der Waals surface area contributed by atoms with Crippen LogP contribution >= 0.6 is 0 Å². The minimum atomic E-state index is -3.70. The lowest BCUT2D eigenvalue weighted by molar-refractivity contribution is 0.372. The first-order valence-electron chi connectivity index (χ1n) is 6.42. The van der Waals surface area contributed by atoms with Crippen LogP contribution in [0.15, 0.2) is 23.1 Å². The summed E-state index contributed by atoms with van der Waals surface area (Å²) in [7, 11) is -3.70. The van der Waals surface area contributed by atoms with E-state index in [1.807, 2.05) is 19.9 Å². The van der Waals surface area contributed by atoms with E-state index in [1.165, 1.54) is 16.4 Å². The summed E-state index contributed by atoms with van der Waals surface area (Å²) in [4.78, 5) is 0.0949. The molecule has 0 amide bonds. The minimum Gasteiger partial charge on any atom is -0.207 e.